The molecule has 0 radical (unpaired) electrons. The highest BCUT2D eigenvalue weighted by Crippen LogP contribution is 2.26. The van der Waals surface area contributed by atoms with Crippen molar-refractivity contribution in [3.63, 3.8) is 0 Å². The van der Waals surface area contributed by atoms with Crippen molar-refractivity contribution in [2.75, 3.05) is 11.4 Å². The van der Waals surface area contributed by atoms with E-state index >= 15 is 0 Å². The highest BCUT2D eigenvalue weighted by molar-refractivity contribution is 7.81. The summed E-state index contributed by atoms with van der Waals surface area (Å²) in [6.45, 7) is -0.489. The summed E-state index contributed by atoms with van der Waals surface area (Å²) in [7, 11) is 0. The number of carbonyl (C=O) groups excluding carboxylic acids is 2. The van der Waals surface area contributed by atoms with Gasteiger partial charge >= 0.3 is 5.97 Å². The van der Waals surface area contributed by atoms with E-state index < -0.39 is 29.6 Å². The van der Waals surface area contributed by atoms with Gasteiger partial charge in [0.15, 0.2) is 0 Å². The van der Waals surface area contributed by atoms with E-state index in [0.717, 1.165) is 11.1 Å². The Morgan fingerprint density at radius 3 is 2.50 bits per heavy atom. The number of amides is 2. The van der Waals surface area contributed by atoms with Gasteiger partial charge in [-0.1, -0.05) is 54.6 Å². The zero-order valence-corrected chi connectivity index (χ0v) is 15.9. The quantitative estimate of drug-likeness (QED) is 0.654. The van der Waals surface area contributed by atoms with E-state index in [4.69, 9.17) is 0 Å². The molecule has 1 aliphatic rings. The maximum Gasteiger partial charge on any atom is 0.323 e. The van der Waals surface area contributed by atoms with Crippen LogP contribution < -0.4 is 10.2 Å². The van der Waals surface area contributed by atoms with E-state index in [0.29, 0.717) is 18.5 Å². The minimum Gasteiger partial charge on any atom is -0.480 e. The number of anilines is 1. The number of carboxylic acids is 1. The summed E-state index contributed by atoms with van der Waals surface area (Å²) >= 11 is 4.36. The summed E-state index contributed by atoms with van der Waals surface area (Å²) in [5.74, 6) is -2.10. The van der Waals surface area contributed by atoms with Gasteiger partial charge < -0.3 is 10.4 Å². The number of carboxylic acid groups (broad SMARTS) is 1. The number of aliphatic carboxylic acids is 1. The van der Waals surface area contributed by atoms with Crippen molar-refractivity contribution >= 4 is 36.1 Å². The average Bonchev–Trinajstić information content (AvgIpc) is 2.81. The first kappa shape index (κ1) is 19.7. The SMILES string of the molecule is O=C(O)CN1C(=O)C(NC(=O)C(S)Cc2ccccc2)=CCc2ccccc21. The van der Waals surface area contributed by atoms with Gasteiger partial charge in [0.2, 0.25) is 5.91 Å². The third kappa shape index (κ3) is 4.61. The molecule has 28 heavy (non-hydrogen) atoms. The molecule has 1 unspecified atom stereocenters. The number of rotatable bonds is 6. The molecule has 0 saturated heterocycles. The molecule has 0 spiro atoms. The summed E-state index contributed by atoms with van der Waals surface area (Å²) in [5.41, 5.74) is 2.36. The molecule has 0 fully saturated rings. The minimum atomic E-state index is -1.13. The molecule has 3 rings (SSSR count). The first-order chi connectivity index (χ1) is 13.5. The van der Waals surface area contributed by atoms with Crippen LogP contribution in [-0.2, 0) is 27.2 Å². The van der Waals surface area contributed by atoms with E-state index in [2.05, 4.69) is 17.9 Å². The number of carbonyl (C=O) groups is 3. The Balaban J connectivity index is 1.78. The van der Waals surface area contributed by atoms with Gasteiger partial charge in [0, 0.05) is 5.69 Å². The number of thiol groups is 1. The molecule has 7 heteroatoms. The highest BCUT2D eigenvalue weighted by Gasteiger charge is 2.28. The second-order valence-electron chi connectivity index (χ2n) is 6.43. The van der Waals surface area contributed by atoms with Crippen molar-refractivity contribution in [3.05, 3.63) is 77.5 Å². The molecular formula is C21H20N2O4S. The predicted molar refractivity (Wildman–Crippen MR) is 109 cm³/mol. The topological polar surface area (TPSA) is 86.7 Å². The Bertz CT molecular complexity index is 927. The number of fused-ring (bicyclic) bond motifs is 1. The normalized spacial score (nSPS) is 14.5. The molecular weight excluding hydrogens is 376 g/mol. The van der Waals surface area contributed by atoms with Crippen LogP contribution >= 0.6 is 12.6 Å². The first-order valence-electron chi connectivity index (χ1n) is 8.80. The van der Waals surface area contributed by atoms with E-state index in [1.807, 2.05) is 42.5 Å². The summed E-state index contributed by atoms with van der Waals surface area (Å²) in [6, 6.07) is 16.5. The molecule has 0 saturated carbocycles. The molecule has 0 bridgehead atoms. The molecule has 2 aromatic carbocycles. The Morgan fingerprint density at radius 1 is 1.11 bits per heavy atom. The van der Waals surface area contributed by atoms with Crippen LogP contribution in [0.1, 0.15) is 11.1 Å². The molecule has 0 aromatic heterocycles. The number of nitrogens with one attached hydrogen (secondary N) is 1. The minimum absolute atomic E-state index is 0.0644. The first-order valence-corrected chi connectivity index (χ1v) is 9.32. The van der Waals surface area contributed by atoms with Crippen LogP contribution in [-0.4, -0.2) is 34.7 Å². The summed E-state index contributed by atoms with van der Waals surface area (Å²) in [5, 5.41) is 11.2. The molecule has 1 atom stereocenters. The summed E-state index contributed by atoms with van der Waals surface area (Å²) < 4.78 is 0. The van der Waals surface area contributed by atoms with Crippen LogP contribution in [0, 0.1) is 0 Å². The molecule has 0 aliphatic carbocycles. The van der Waals surface area contributed by atoms with E-state index in [9.17, 15) is 19.5 Å². The van der Waals surface area contributed by atoms with Crippen LogP contribution in [0.4, 0.5) is 5.69 Å². The highest BCUT2D eigenvalue weighted by atomic mass is 32.1. The van der Waals surface area contributed by atoms with E-state index in [1.165, 1.54) is 4.90 Å². The maximum absolute atomic E-state index is 12.9. The largest absolute Gasteiger partial charge is 0.480 e. The summed E-state index contributed by atoms with van der Waals surface area (Å²) in [6.07, 6.45) is 2.43. The standard InChI is InChI=1S/C21H20N2O4S/c24-19(25)13-23-17-9-5-4-8-15(17)10-11-16(21(23)27)22-20(26)18(28)12-14-6-2-1-3-7-14/h1-9,11,18,28H,10,12-13H2,(H,22,26)(H,24,25). The molecule has 2 aromatic rings. The molecule has 1 aliphatic heterocycles. The number of hydrogen-bond donors (Lipinski definition) is 3. The molecule has 1 heterocycles. The zero-order valence-electron chi connectivity index (χ0n) is 15.0. The lowest BCUT2D eigenvalue weighted by Gasteiger charge is -2.23. The van der Waals surface area contributed by atoms with Gasteiger partial charge in [0.05, 0.1) is 5.25 Å². The number of allylic oxidation sites excluding steroid dienone is 1. The smallest absolute Gasteiger partial charge is 0.323 e. The van der Waals surface area contributed by atoms with E-state index in [-0.39, 0.29) is 5.70 Å². The molecule has 144 valence electrons. The van der Waals surface area contributed by atoms with Crippen LogP contribution in [0.5, 0.6) is 0 Å². The van der Waals surface area contributed by atoms with Crippen LogP contribution in [0.2, 0.25) is 0 Å². The third-order valence-corrected chi connectivity index (χ3v) is 4.83. The Kier molecular flexibility index (Phi) is 6.16. The fourth-order valence-corrected chi connectivity index (χ4v) is 3.32. The van der Waals surface area contributed by atoms with Crippen molar-refractivity contribution in [2.45, 2.75) is 18.1 Å². The maximum atomic E-state index is 12.9. The average molecular weight is 396 g/mol. The third-order valence-electron chi connectivity index (χ3n) is 4.41. The molecule has 2 N–H and O–H groups in total. The van der Waals surface area contributed by atoms with Crippen LogP contribution in [0.3, 0.4) is 0 Å². The van der Waals surface area contributed by atoms with Gasteiger partial charge in [-0.25, -0.2) is 0 Å². The number of nitrogens with zero attached hydrogens (tertiary/aromatic N) is 1. The second kappa shape index (κ2) is 8.75. The van der Waals surface area contributed by atoms with Gasteiger partial charge in [-0.05, 0) is 30.0 Å². The Hall–Kier alpha value is -3.06. The lowest BCUT2D eigenvalue weighted by atomic mass is 10.1. The summed E-state index contributed by atoms with van der Waals surface area (Å²) in [4.78, 5) is 37.9. The van der Waals surface area contributed by atoms with Crippen molar-refractivity contribution < 1.29 is 19.5 Å². The number of hydrogen-bond acceptors (Lipinski definition) is 4. The molecule has 2 amide bonds. The van der Waals surface area contributed by atoms with Gasteiger partial charge in [0.1, 0.15) is 12.2 Å². The van der Waals surface area contributed by atoms with Gasteiger partial charge in [-0.15, -0.1) is 0 Å². The number of benzene rings is 2. The lowest BCUT2D eigenvalue weighted by Crippen LogP contribution is -2.42. The lowest BCUT2D eigenvalue weighted by molar-refractivity contribution is -0.136. The van der Waals surface area contributed by atoms with Crippen molar-refractivity contribution in [2.24, 2.45) is 0 Å². The van der Waals surface area contributed by atoms with Crippen molar-refractivity contribution in [3.8, 4) is 0 Å². The van der Waals surface area contributed by atoms with E-state index in [1.54, 1.807) is 18.2 Å². The monoisotopic (exact) mass is 396 g/mol. The predicted octanol–water partition coefficient (Wildman–Crippen LogP) is 2.20. The van der Waals surface area contributed by atoms with Crippen LogP contribution in [0.25, 0.3) is 0 Å². The van der Waals surface area contributed by atoms with Gasteiger partial charge in [0.25, 0.3) is 5.91 Å². The van der Waals surface area contributed by atoms with Gasteiger partial charge in [-0.2, -0.15) is 12.6 Å². The number of para-hydroxylation sites is 1. The zero-order chi connectivity index (χ0) is 20.1. The molecule has 6 nitrogen and oxygen atoms in total. The Labute approximate surface area is 168 Å². The van der Waals surface area contributed by atoms with Crippen LogP contribution in [0.15, 0.2) is 66.4 Å². The second-order valence-corrected chi connectivity index (χ2v) is 7.05. The van der Waals surface area contributed by atoms with Crippen molar-refractivity contribution in [1.82, 2.24) is 5.32 Å². The van der Waals surface area contributed by atoms with Crippen molar-refractivity contribution in [1.29, 1.82) is 0 Å². The van der Waals surface area contributed by atoms with Gasteiger partial charge in [-0.3, -0.25) is 19.3 Å². The fraction of sp³-hybridized carbons (Fsp3) is 0.190. The fourth-order valence-electron chi connectivity index (χ4n) is 3.04. The Morgan fingerprint density at radius 2 is 1.79 bits per heavy atom.